The van der Waals surface area contributed by atoms with Gasteiger partial charge in [0, 0.05) is 17.6 Å². The van der Waals surface area contributed by atoms with E-state index in [4.69, 9.17) is 11.6 Å². The van der Waals surface area contributed by atoms with Gasteiger partial charge in [0.05, 0.1) is 5.69 Å². The Hall–Kier alpha value is -0.900. The van der Waals surface area contributed by atoms with E-state index in [-0.39, 0.29) is 6.04 Å². The summed E-state index contributed by atoms with van der Waals surface area (Å²) in [4.78, 5) is 4.38. The number of rotatable bonds is 4. The van der Waals surface area contributed by atoms with Crippen LogP contribution >= 0.6 is 27.5 Å². The molecule has 94 valence electrons. The summed E-state index contributed by atoms with van der Waals surface area (Å²) in [5.74, 6) is 0. The number of nitrogens with zero attached hydrogens (tertiary/aromatic N) is 1. The van der Waals surface area contributed by atoms with E-state index >= 15 is 0 Å². The average Bonchev–Trinajstić information content (AvgIpc) is 2.37. The molecule has 0 radical (unpaired) electrons. The lowest BCUT2D eigenvalue weighted by molar-refractivity contribution is 0.567. The summed E-state index contributed by atoms with van der Waals surface area (Å²) in [5, 5.41) is 4.21. The highest BCUT2D eigenvalue weighted by molar-refractivity contribution is 9.10. The van der Waals surface area contributed by atoms with Gasteiger partial charge in [-0.2, -0.15) is 0 Å². The second-order valence-electron chi connectivity index (χ2n) is 4.08. The maximum atomic E-state index is 6.16. The fourth-order valence-corrected chi connectivity index (χ4v) is 2.42. The zero-order valence-electron chi connectivity index (χ0n) is 10.0. The standard InChI is InChI=1S/C14H14BrClN2/c1-10(12-6-2-3-7-13(12)16)17-9-11-5-4-8-14(15)18-11/h2-8,10,17H,9H2,1H3/t10-/m0/s1. The van der Waals surface area contributed by atoms with Crippen molar-refractivity contribution < 1.29 is 0 Å². The molecular formula is C14H14BrClN2. The molecule has 18 heavy (non-hydrogen) atoms. The van der Waals surface area contributed by atoms with Gasteiger partial charge in [-0.25, -0.2) is 4.98 Å². The van der Waals surface area contributed by atoms with Crippen molar-refractivity contribution in [3.63, 3.8) is 0 Å². The highest BCUT2D eigenvalue weighted by atomic mass is 79.9. The third kappa shape index (κ3) is 3.55. The predicted molar refractivity (Wildman–Crippen MR) is 78.6 cm³/mol. The first kappa shape index (κ1) is 13.5. The molecule has 4 heteroatoms. The van der Waals surface area contributed by atoms with E-state index < -0.39 is 0 Å². The number of hydrogen-bond acceptors (Lipinski definition) is 2. The van der Waals surface area contributed by atoms with Crippen molar-refractivity contribution in [1.29, 1.82) is 0 Å². The fourth-order valence-electron chi connectivity index (χ4n) is 1.74. The molecule has 0 fully saturated rings. The zero-order chi connectivity index (χ0) is 13.0. The lowest BCUT2D eigenvalue weighted by Crippen LogP contribution is -2.19. The molecule has 1 heterocycles. The molecule has 0 saturated carbocycles. The quantitative estimate of drug-likeness (QED) is 0.845. The van der Waals surface area contributed by atoms with E-state index in [2.05, 4.69) is 33.2 Å². The molecule has 1 atom stereocenters. The Morgan fingerprint density at radius 1 is 1.22 bits per heavy atom. The van der Waals surface area contributed by atoms with E-state index in [1.165, 1.54) is 0 Å². The summed E-state index contributed by atoms with van der Waals surface area (Å²) in [5.41, 5.74) is 2.11. The van der Waals surface area contributed by atoms with Gasteiger partial charge in [0.2, 0.25) is 0 Å². The second kappa shape index (κ2) is 6.32. The number of benzene rings is 1. The van der Waals surface area contributed by atoms with E-state index in [1.807, 2.05) is 42.5 Å². The SMILES string of the molecule is C[C@H](NCc1cccc(Br)n1)c1ccccc1Cl. The molecular weight excluding hydrogens is 312 g/mol. The molecule has 0 bridgehead atoms. The Morgan fingerprint density at radius 2 is 2.00 bits per heavy atom. The van der Waals surface area contributed by atoms with Crippen LogP contribution in [0.3, 0.4) is 0 Å². The summed E-state index contributed by atoms with van der Waals surface area (Å²) >= 11 is 9.53. The van der Waals surface area contributed by atoms with Crippen LogP contribution in [0.5, 0.6) is 0 Å². The first-order valence-corrected chi connectivity index (χ1v) is 6.93. The third-order valence-corrected chi connectivity index (χ3v) is 3.52. The minimum absolute atomic E-state index is 0.194. The number of hydrogen-bond donors (Lipinski definition) is 1. The van der Waals surface area contributed by atoms with Gasteiger partial charge in [0.25, 0.3) is 0 Å². The van der Waals surface area contributed by atoms with E-state index in [1.54, 1.807) is 0 Å². The fraction of sp³-hybridized carbons (Fsp3) is 0.214. The highest BCUT2D eigenvalue weighted by Crippen LogP contribution is 2.22. The molecule has 0 aliphatic carbocycles. The minimum Gasteiger partial charge on any atom is -0.305 e. The molecule has 0 aliphatic rings. The van der Waals surface area contributed by atoms with Crippen molar-refractivity contribution in [2.75, 3.05) is 0 Å². The lowest BCUT2D eigenvalue weighted by Gasteiger charge is -2.15. The third-order valence-electron chi connectivity index (χ3n) is 2.73. The van der Waals surface area contributed by atoms with Gasteiger partial charge < -0.3 is 5.32 Å². The van der Waals surface area contributed by atoms with Gasteiger partial charge in [-0.15, -0.1) is 0 Å². The first-order valence-electron chi connectivity index (χ1n) is 5.76. The molecule has 0 unspecified atom stereocenters. The van der Waals surface area contributed by atoms with E-state index in [9.17, 15) is 0 Å². The smallest absolute Gasteiger partial charge is 0.106 e. The minimum atomic E-state index is 0.194. The maximum absolute atomic E-state index is 6.16. The number of nitrogens with one attached hydrogen (secondary N) is 1. The number of halogens is 2. The first-order chi connectivity index (χ1) is 8.66. The molecule has 2 rings (SSSR count). The van der Waals surface area contributed by atoms with Crippen LogP contribution in [-0.2, 0) is 6.54 Å². The van der Waals surface area contributed by atoms with Crippen LogP contribution in [0.1, 0.15) is 24.2 Å². The van der Waals surface area contributed by atoms with Gasteiger partial charge in [0.1, 0.15) is 4.60 Å². The van der Waals surface area contributed by atoms with Crippen molar-refractivity contribution in [2.45, 2.75) is 19.5 Å². The summed E-state index contributed by atoms with van der Waals surface area (Å²) in [6.45, 7) is 2.81. The van der Waals surface area contributed by atoms with Crippen molar-refractivity contribution in [1.82, 2.24) is 10.3 Å². The van der Waals surface area contributed by atoms with Crippen molar-refractivity contribution in [3.8, 4) is 0 Å². The molecule has 1 aromatic heterocycles. The molecule has 0 spiro atoms. The molecule has 1 N–H and O–H groups in total. The number of aromatic nitrogens is 1. The highest BCUT2D eigenvalue weighted by Gasteiger charge is 2.08. The van der Waals surface area contributed by atoms with Gasteiger partial charge in [-0.05, 0) is 46.6 Å². The van der Waals surface area contributed by atoms with E-state index in [0.29, 0.717) is 6.54 Å². The summed E-state index contributed by atoms with van der Waals surface area (Å²) < 4.78 is 0.854. The number of pyridine rings is 1. The Kier molecular flexibility index (Phi) is 4.75. The van der Waals surface area contributed by atoms with Gasteiger partial charge in [-0.1, -0.05) is 35.9 Å². The van der Waals surface area contributed by atoms with Crippen LogP contribution in [0, 0.1) is 0 Å². The largest absolute Gasteiger partial charge is 0.305 e. The average molecular weight is 326 g/mol. The summed E-state index contributed by atoms with van der Waals surface area (Å²) in [6.07, 6.45) is 0. The van der Waals surface area contributed by atoms with Gasteiger partial charge >= 0.3 is 0 Å². The lowest BCUT2D eigenvalue weighted by atomic mass is 10.1. The molecule has 2 nitrogen and oxygen atoms in total. The monoisotopic (exact) mass is 324 g/mol. The molecule has 0 saturated heterocycles. The Labute approximate surface area is 121 Å². The summed E-state index contributed by atoms with van der Waals surface area (Å²) in [6, 6.07) is 14.0. The Balaban J connectivity index is 2.00. The van der Waals surface area contributed by atoms with Crippen molar-refractivity contribution in [2.24, 2.45) is 0 Å². The van der Waals surface area contributed by atoms with Crippen LogP contribution in [0.4, 0.5) is 0 Å². The van der Waals surface area contributed by atoms with Crippen LogP contribution in [0.15, 0.2) is 47.1 Å². The van der Waals surface area contributed by atoms with E-state index in [0.717, 1.165) is 20.9 Å². The molecule has 0 aliphatic heterocycles. The van der Waals surface area contributed by atoms with Crippen molar-refractivity contribution >= 4 is 27.5 Å². The van der Waals surface area contributed by atoms with Crippen LogP contribution in [0.2, 0.25) is 5.02 Å². The second-order valence-corrected chi connectivity index (χ2v) is 5.30. The Morgan fingerprint density at radius 3 is 2.72 bits per heavy atom. The van der Waals surface area contributed by atoms with Gasteiger partial charge in [-0.3, -0.25) is 0 Å². The Bertz CT molecular complexity index is 531. The van der Waals surface area contributed by atoms with Crippen LogP contribution in [0.25, 0.3) is 0 Å². The normalized spacial score (nSPS) is 12.4. The van der Waals surface area contributed by atoms with Crippen LogP contribution in [-0.4, -0.2) is 4.98 Å². The van der Waals surface area contributed by atoms with Gasteiger partial charge in [0.15, 0.2) is 0 Å². The van der Waals surface area contributed by atoms with Crippen LogP contribution < -0.4 is 5.32 Å². The summed E-state index contributed by atoms with van der Waals surface area (Å²) in [7, 11) is 0. The van der Waals surface area contributed by atoms with Crippen molar-refractivity contribution in [3.05, 3.63) is 63.3 Å². The molecule has 1 aromatic carbocycles. The molecule has 2 aromatic rings. The zero-order valence-corrected chi connectivity index (χ0v) is 12.4. The topological polar surface area (TPSA) is 24.9 Å². The predicted octanol–water partition coefficient (Wildman–Crippen LogP) is 4.35. The molecule has 0 amide bonds. The maximum Gasteiger partial charge on any atom is 0.106 e.